The predicted octanol–water partition coefficient (Wildman–Crippen LogP) is 6.63. The number of allylic oxidation sites excluding steroid dienone is 4. The number of halogens is 2. The molecule has 0 radical (unpaired) electrons. The molecule has 1 aliphatic carbocycles. The van der Waals surface area contributed by atoms with Gasteiger partial charge in [-0.05, 0) is 49.6 Å². The maximum atomic E-state index is 14.3. The molecule has 0 aliphatic heterocycles. The Hall–Kier alpha value is -3.12. The van der Waals surface area contributed by atoms with E-state index >= 15 is 0 Å². The summed E-state index contributed by atoms with van der Waals surface area (Å²) in [6, 6.07) is 16.9. The molecule has 0 amide bonds. The van der Waals surface area contributed by atoms with Gasteiger partial charge in [-0.3, -0.25) is 9.59 Å². The third-order valence-corrected chi connectivity index (χ3v) is 7.26. The molecule has 1 aliphatic rings. The molecule has 2 aromatic carbocycles. The molecule has 4 rings (SSSR count). The van der Waals surface area contributed by atoms with E-state index in [1.165, 1.54) is 7.11 Å². The highest BCUT2D eigenvalue weighted by atomic mass is 35.5. The number of Topliss-reactive ketones (excluding diaryl/α,β-unsaturated/α-hetero) is 1. The zero-order chi connectivity index (χ0) is 26.1. The first kappa shape index (κ1) is 26.0. The Morgan fingerprint density at radius 1 is 1.08 bits per heavy atom. The number of hydrogen-bond acceptors (Lipinski definition) is 4. The van der Waals surface area contributed by atoms with Crippen molar-refractivity contribution in [2.45, 2.75) is 25.3 Å². The minimum Gasteiger partial charge on any atom is -0.468 e. The van der Waals surface area contributed by atoms with Crippen LogP contribution in [0, 0.1) is 5.41 Å². The quantitative estimate of drug-likeness (QED) is 0.279. The van der Waals surface area contributed by atoms with Crippen LogP contribution in [0.25, 0.3) is 22.4 Å². The van der Waals surface area contributed by atoms with Gasteiger partial charge in [0.2, 0.25) is 0 Å². The summed E-state index contributed by atoms with van der Waals surface area (Å²) in [5, 5.41) is 1.19. The molecule has 2 N–H and O–H groups in total. The molecule has 186 valence electrons. The maximum absolute atomic E-state index is 14.3. The monoisotopic (exact) mass is 522 g/mol. The van der Waals surface area contributed by atoms with Gasteiger partial charge in [-0.25, -0.2) is 0 Å². The van der Waals surface area contributed by atoms with Crippen molar-refractivity contribution in [2.24, 2.45) is 18.2 Å². The zero-order valence-electron chi connectivity index (χ0n) is 20.4. The topological polar surface area (TPSA) is 74.3 Å². The lowest BCUT2D eigenvalue weighted by molar-refractivity contribution is -0.147. The highest BCUT2D eigenvalue weighted by Gasteiger charge is 2.46. The number of carbonyl (C=O) groups excluding carboxylic acids is 2. The van der Waals surface area contributed by atoms with Crippen LogP contribution in [-0.4, -0.2) is 29.0 Å². The summed E-state index contributed by atoms with van der Waals surface area (Å²) in [6.45, 7) is 1.60. The minimum absolute atomic E-state index is 0.0925. The van der Waals surface area contributed by atoms with Crippen LogP contribution in [0.3, 0.4) is 0 Å². The van der Waals surface area contributed by atoms with Crippen molar-refractivity contribution in [3.8, 4) is 22.4 Å². The number of hydrogen-bond donors (Lipinski definition) is 1. The van der Waals surface area contributed by atoms with E-state index in [1.807, 2.05) is 90.5 Å². The molecule has 0 bridgehead atoms. The van der Waals surface area contributed by atoms with Gasteiger partial charge in [-0.15, -0.1) is 0 Å². The fourth-order valence-electron chi connectivity index (χ4n) is 4.92. The summed E-state index contributed by atoms with van der Waals surface area (Å²) in [7, 11) is 3.15. The number of esters is 1. The molecule has 2 atom stereocenters. The van der Waals surface area contributed by atoms with Crippen LogP contribution >= 0.6 is 23.2 Å². The second-order valence-corrected chi connectivity index (χ2v) is 10.2. The van der Waals surface area contributed by atoms with E-state index in [2.05, 4.69) is 0 Å². The lowest BCUT2D eigenvalue weighted by Gasteiger charge is -2.36. The lowest BCUT2D eigenvalue weighted by Crippen LogP contribution is -2.51. The molecule has 5 nitrogen and oxygen atoms in total. The summed E-state index contributed by atoms with van der Waals surface area (Å²) in [5.41, 5.74) is 7.83. The first-order valence-electron chi connectivity index (χ1n) is 11.6. The number of rotatable bonds is 7. The number of aromatic nitrogens is 1. The molecule has 36 heavy (non-hydrogen) atoms. The molecule has 7 heteroatoms. The predicted molar refractivity (Wildman–Crippen MR) is 145 cm³/mol. The summed E-state index contributed by atoms with van der Waals surface area (Å²) in [5.74, 6) is -0.706. The summed E-state index contributed by atoms with van der Waals surface area (Å²) in [6.07, 6.45) is 7.98. The number of methoxy groups -OCH3 is 1. The van der Waals surface area contributed by atoms with Gasteiger partial charge in [-0.2, -0.15) is 0 Å². The number of nitrogens with two attached hydrogens (primary N) is 1. The van der Waals surface area contributed by atoms with E-state index in [1.54, 1.807) is 6.92 Å². The molecular weight excluding hydrogens is 495 g/mol. The Balaban J connectivity index is 1.90. The summed E-state index contributed by atoms with van der Waals surface area (Å²) < 4.78 is 6.80. The van der Waals surface area contributed by atoms with E-state index in [9.17, 15) is 9.59 Å². The number of benzene rings is 2. The Labute approximate surface area is 221 Å². The third kappa shape index (κ3) is 4.79. The standard InChI is InChI=1S/C29H28Cl2N2O3/c1-28(32,27(35)36-3)18-29(15-7-4-8-16-29)26(34)24-17-22(21-9-5-6-10-23(21)31)25(33(24)2)19-11-13-20(30)14-12-19/h4-15,17H,16,18,32H2,1-3H3. The van der Waals surface area contributed by atoms with Crippen molar-refractivity contribution in [1.29, 1.82) is 0 Å². The SMILES string of the molecule is COC(=O)C(C)(N)CC1(C(=O)c2cc(-c3ccccc3Cl)c(-c3ccc(Cl)cc3)n2C)C=CC=CC1. The largest absolute Gasteiger partial charge is 0.468 e. The molecule has 0 spiro atoms. The molecule has 2 unspecified atom stereocenters. The van der Waals surface area contributed by atoms with Gasteiger partial charge in [0.05, 0.1) is 23.9 Å². The summed E-state index contributed by atoms with van der Waals surface area (Å²) >= 11 is 12.7. The van der Waals surface area contributed by atoms with Gasteiger partial charge in [0.25, 0.3) is 0 Å². The van der Waals surface area contributed by atoms with Crippen molar-refractivity contribution in [3.63, 3.8) is 0 Å². The van der Waals surface area contributed by atoms with Crippen LogP contribution in [0.2, 0.25) is 10.0 Å². The van der Waals surface area contributed by atoms with Crippen LogP contribution in [0.4, 0.5) is 0 Å². The van der Waals surface area contributed by atoms with Crippen LogP contribution in [0.15, 0.2) is 78.9 Å². The van der Waals surface area contributed by atoms with Crippen LogP contribution in [0.5, 0.6) is 0 Å². The van der Waals surface area contributed by atoms with Crippen molar-refractivity contribution in [2.75, 3.05) is 7.11 Å². The number of carbonyl (C=O) groups is 2. The maximum Gasteiger partial charge on any atom is 0.325 e. The molecular formula is C29H28Cl2N2O3. The second kappa shape index (κ2) is 10.1. The van der Waals surface area contributed by atoms with Crippen LogP contribution in [-0.2, 0) is 16.6 Å². The molecule has 0 saturated carbocycles. The van der Waals surface area contributed by atoms with Gasteiger partial charge in [0.1, 0.15) is 5.54 Å². The third-order valence-electron chi connectivity index (χ3n) is 6.68. The highest BCUT2D eigenvalue weighted by molar-refractivity contribution is 6.33. The Morgan fingerprint density at radius 3 is 2.39 bits per heavy atom. The average molecular weight is 523 g/mol. The Morgan fingerprint density at radius 2 is 1.78 bits per heavy atom. The highest BCUT2D eigenvalue weighted by Crippen LogP contribution is 2.43. The van der Waals surface area contributed by atoms with Gasteiger partial charge in [-0.1, -0.05) is 77.8 Å². The van der Waals surface area contributed by atoms with E-state index in [0.717, 1.165) is 22.4 Å². The van der Waals surface area contributed by atoms with Crippen molar-refractivity contribution in [1.82, 2.24) is 4.57 Å². The van der Waals surface area contributed by atoms with Gasteiger partial charge < -0.3 is 15.0 Å². The molecule has 0 fully saturated rings. The fourth-order valence-corrected chi connectivity index (χ4v) is 5.29. The fraction of sp³-hybridized carbons (Fsp3) is 0.241. The number of ketones is 1. The van der Waals surface area contributed by atoms with E-state index in [0.29, 0.717) is 22.2 Å². The molecule has 0 saturated heterocycles. The van der Waals surface area contributed by atoms with Crippen LogP contribution < -0.4 is 5.73 Å². The van der Waals surface area contributed by atoms with Gasteiger partial charge in [0, 0.05) is 28.2 Å². The lowest BCUT2D eigenvalue weighted by atomic mass is 9.69. The van der Waals surface area contributed by atoms with Gasteiger partial charge >= 0.3 is 5.97 Å². The van der Waals surface area contributed by atoms with Crippen molar-refractivity contribution < 1.29 is 14.3 Å². The first-order chi connectivity index (χ1) is 17.1. The Bertz CT molecular complexity index is 1370. The van der Waals surface area contributed by atoms with Crippen molar-refractivity contribution in [3.05, 3.63) is 94.6 Å². The van der Waals surface area contributed by atoms with E-state index in [4.69, 9.17) is 33.7 Å². The number of nitrogens with zero attached hydrogens (tertiary/aromatic N) is 1. The van der Waals surface area contributed by atoms with E-state index < -0.39 is 16.9 Å². The smallest absolute Gasteiger partial charge is 0.325 e. The van der Waals surface area contributed by atoms with E-state index in [-0.39, 0.29) is 12.2 Å². The average Bonchev–Trinajstić information content (AvgIpc) is 3.20. The molecule has 1 aromatic heterocycles. The molecule has 1 heterocycles. The first-order valence-corrected chi connectivity index (χ1v) is 12.3. The van der Waals surface area contributed by atoms with Crippen molar-refractivity contribution >= 4 is 35.0 Å². The summed E-state index contributed by atoms with van der Waals surface area (Å²) in [4.78, 5) is 26.8. The zero-order valence-corrected chi connectivity index (χ0v) is 21.9. The normalized spacial score (nSPS) is 18.6. The number of ether oxygens (including phenoxy) is 1. The Kier molecular flexibility index (Phi) is 7.28. The minimum atomic E-state index is -1.35. The second-order valence-electron chi connectivity index (χ2n) is 9.40. The molecule has 3 aromatic rings. The van der Waals surface area contributed by atoms with Gasteiger partial charge in [0.15, 0.2) is 5.78 Å². The van der Waals surface area contributed by atoms with Crippen LogP contribution in [0.1, 0.15) is 30.3 Å².